The molecule has 7 nitrogen and oxygen atoms in total. The zero-order valence-corrected chi connectivity index (χ0v) is 20.9. The Labute approximate surface area is 202 Å². The lowest BCUT2D eigenvalue weighted by Crippen LogP contribution is -2.47. The fourth-order valence-electron chi connectivity index (χ4n) is 5.96. The molecule has 2 aromatic rings. The number of nitrogens with one attached hydrogen (secondary N) is 1. The summed E-state index contributed by atoms with van der Waals surface area (Å²) in [5.41, 5.74) is 2.47. The first-order chi connectivity index (χ1) is 16.3. The Hall–Kier alpha value is -2.37. The Kier molecular flexibility index (Phi) is 6.19. The second-order valence-corrected chi connectivity index (χ2v) is 12.1. The summed E-state index contributed by atoms with van der Waals surface area (Å²) >= 11 is 0. The maximum absolute atomic E-state index is 13.2. The minimum Gasteiger partial charge on any atom is -0.346 e. The third-order valence-corrected chi connectivity index (χ3v) is 9.61. The van der Waals surface area contributed by atoms with Gasteiger partial charge in [0.15, 0.2) is 0 Å². The number of nitrogens with zero attached hydrogens (tertiary/aromatic N) is 3. The molecule has 1 aromatic heterocycles. The quantitative estimate of drug-likeness (QED) is 0.692. The Bertz CT molecular complexity index is 1250. The van der Waals surface area contributed by atoms with E-state index in [1.807, 2.05) is 16.5 Å². The number of amides is 1. The lowest BCUT2D eigenvalue weighted by Gasteiger charge is -2.38. The van der Waals surface area contributed by atoms with Crippen LogP contribution in [0.1, 0.15) is 81.9 Å². The van der Waals surface area contributed by atoms with Gasteiger partial charge in [-0.2, -0.15) is 5.26 Å². The number of aryl methyl sites for hydroxylation is 1. The first-order valence-corrected chi connectivity index (χ1v) is 14.1. The molecule has 2 aliphatic carbocycles. The van der Waals surface area contributed by atoms with Gasteiger partial charge in [0.1, 0.15) is 6.07 Å². The highest BCUT2D eigenvalue weighted by molar-refractivity contribution is 7.89. The normalized spacial score (nSPS) is 25.9. The average molecular weight is 483 g/mol. The first kappa shape index (κ1) is 23.4. The van der Waals surface area contributed by atoms with Crippen molar-refractivity contribution in [1.82, 2.24) is 14.2 Å². The van der Waals surface area contributed by atoms with E-state index in [4.69, 9.17) is 0 Å². The molecule has 2 heterocycles. The van der Waals surface area contributed by atoms with E-state index in [2.05, 4.69) is 17.7 Å². The van der Waals surface area contributed by atoms with Crippen molar-refractivity contribution in [1.29, 1.82) is 5.26 Å². The molecular formula is C26H34N4O3S. The van der Waals surface area contributed by atoms with E-state index >= 15 is 0 Å². The van der Waals surface area contributed by atoms with E-state index in [0.717, 1.165) is 61.7 Å². The van der Waals surface area contributed by atoms with E-state index in [1.165, 1.54) is 6.42 Å². The highest BCUT2D eigenvalue weighted by Crippen LogP contribution is 2.44. The highest BCUT2D eigenvalue weighted by Gasteiger charge is 2.34. The van der Waals surface area contributed by atoms with Crippen LogP contribution in [0.25, 0.3) is 10.9 Å². The van der Waals surface area contributed by atoms with Crippen LogP contribution in [0.15, 0.2) is 23.1 Å². The van der Waals surface area contributed by atoms with Crippen LogP contribution in [0.3, 0.4) is 0 Å². The molecule has 3 fully saturated rings. The Balaban J connectivity index is 1.28. The summed E-state index contributed by atoms with van der Waals surface area (Å²) in [5, 5.41) is 10.5. The van der Waals surface area contributed by atoms with E-state index in [-0.39, 0.29) is 22.8 Å². The number of carbonyl (C=O) groups excluding carboxylic acids is 1. The third-order valence-electron chi connectivity index (χ3n) is 8.09. The fraction of sp³-hybridized carbons (Fsp3) is 0.615. The Morgan fingerprint density at radius 2 is 1.82 bits per heavy atom. The Morgan fingerprint density at radius 3 is 2.47 bits per heavy atom. The standard InChI is InChI=1S/C26H34N4O3S/c1-17-5-3-4-14-30(17)26(31)19-8-10-20(11-9-19)28-34(32,33)21-12-13-22-23(16-27)25(18-6-7-18)29(2)24(22)15-21/h12-13,15,17-20,28H,3-11,14H2,1-2H3. The number of piperidine rings is 1. The van der Waals surface area contributed by atoms with E-state index in [0.29, 0.717) is 30.4 Å². The van der Waals surface area contributed by atoms with Crippen LogP contribution in [0.5, 0.6) is 0 Å². The largest absolute Gasteiger partial charge is 0.346 e. The topological polar surface area (TPSA) is 95.2 Å². The van der Waals surface area contributed by atoms with Gasteiger partial charge in [0.25, 0.3) is 0 Å². The highest BCUT2D eigenvalue weighted by atomic mass is 32.2. The molecule has 182 valence electrons. The predicted molar refractivity (Wildman–Crippen MR) is 131 cm³/mol. The molecule has 0 bridgehead atoms. The SMILES string of the molecule is CC1CCCCN1C(=O)C1CCC(NS(=O)(=O)c2ccc3c(C#N)c(C4CC4)n(C)c3c2)CC1. The molecule has 1 unspecified atom stereocenters. The number of sulfonamides is 1. The van der Waals surface area contributed by atoms with Crippen LogP contribution in [0.4, 0.5) is 0 Å². The van der Waals surface area contributed by atoms with Crippen molar-refractivity contribution in [3.05, 3.63) is 29.5 Å². The zero-order valence-electron chi connectivity index (χ0n) is 20.1. The number of aromatic nitrogens is 1. The fourth-order valence-corrected chi connectivity index (χ4v) is 7.29. The van der Waals surface area contributed by atoms with Crippen molar-refractivity contribution in [2.24, 2.45) is 13.0 Å². The van der Waals surface area contributed by atoms with Crippen LogP contribution in [0.2, 0.25) is 0 Å². The number of hydrogen-bond acceptors (Lipinski definition) is 4. The van der Waals surface area contributed by atoms with Crippen molar-refractivity contribution in [3.63, 3.8) is 0 Å². The van der Waals surface area contributed by atoms with Gasteiger partial charge in [-0.05, 0) is 76.8 Å². The molecule has 1 aromatic carbocycles. The first-order valence-electron chi connectivity index (χ1n) is 12.7. The van der Waals surface area contributed by atoms with Gasteiger partial charge in [-0.25, -0.2) is 13.1 Å². The molecule has 1 saturated heterocycles. The van der Waals surface area contributed by atoms with E-state index in [1.54, 1.807) is 18.2 Å². The second-order valence-electron chi connectivity index (χ2n) is 10.4. The minimum atomic E-state index is -3.69. The molecule has 2 saturated carbocycles. The van der Waals surface area contributed by atoms with Crippen molar-refractivity contribution in [2.75, 3.05) is 6.54 Å². The number of rotatable bonds is 5. The minimum absolute atomic E-state index is 0.00581. The molecule has 34 heavy (non-hydrogen) atoms. The van der Waals surface area contributed by atoms with Gasteiger partial charge in [0.2, 0.25) is 15.9 Å². The summed E-state index contributed by atoms with van der Waals surface area (Å²) in [6.07, 6.45) is 8.29. The molecule has 1 aliphatic heterocycles. The number of benzene rings is 1. The van der Waals surface area contributed by atoms with Crippen LogP contribution in [0, 0.1) is 17.2 Å². The lowest BCUT2D eigenvalue weighted by atomic mass is 9.85. The van der Waals surface area contributed by atoms with Crippen molar-refractivity contribution >= 4 is 26.8 Å². The van der Waals surface area contributed by atoms with Gasteiger partial charge >= 0.3 is 0 Å². The molecular weight excluding hydrogens is 448 g/mol. The number of fused-ring (bicyclic) bond motifs is 1. The second kappa shape index (κ2) is 9.01. The average Bonchev–Trinajstić information content (AvgIpc) is 3.63. The number of likely N-dealkylation sites (tertiary alicyclic amines) is 1. The molecule has 1 N–H and O–H groups in total. The van der Waals surface area contributed by atoms with Crippen LogP contribution >= 0.6 is 0 Å². The smallest absolute Gasteiger partial charge is 0.240 e. The zero-order chi connectivity index (χ0) is 24.0. The maximum Gasteiger partial charge on any atom is 0.240 e. The van der Waals surface area contributed by atoms with E-state index < -0.39 is 10.0 Å². The summed E-state index contributed by atoms with van der Waals surface area (Å²) in [5.74, 6) is 0.657. The molecule has 1 atom stereocenters. The monoisotopic (exact) mass is 482 g/mol. The number of nitriles is 1. The van der Waals surface area contributed by atoms with Gasteiger partial charge in [0, 0.05) is 48.6 Å². The van der Waals surface area contributed by atoms with Gasteiger partial charge < -0.3 is 9.47 Å². The molecule has 8 heteroatoms. The molecule has 0 radical (unpaired) electrons. The molecule has 3 aliphatic rings. The summed E-state index contributed by atoms with van der Waals surface area (Å²) in [6, 6.07) is 7.55. The lowest BCUT2D eigenvalue weighted by molar-refractivity contribution is -0.140. The summed E-state index contributed by atoms with van der Waals surface area (Å²) in [7, 11) is -1.77. The summed E-state index contributed by atoms with van der Waals surface area (Å²) < 4.78 is 31.3. The number of carbonyl (C=O) groups is 1. The number of hydrogen-bond donors (Lipinski definition) is 1. The van der Waals surface area contributed by atoms with E-state index in [9.17, 15) is 18.5 Å². The molecule has 0 spiro atoms. The van der Waals surface area contributed by atoms with Crippen LogP contribution < -0.4 is 4.72 Å². The van der Waals surface area contributed by atoms with Gasteiger partial charge in [-0.1, -0.05) is 6.07 Å². The maximum atomic E-state index is 13.2. The van der Waals surface area contributed by atoms with Crippen LogP contribution in [-0.2, 0) is 21.9 Å². The third kappa shape index (κ3) is 4.25. The van der Waals surface area contributed by atoms with Gasteiger partial charge in [-0.3, -0.25) is 4.79 Å². The van der Waals surface area contributed by atoms with Crippen LogP contribution in [-0.4, -0.2) is 42.4 Å². The molecule has 1 amide bonds. The van der Waals surface area contributed by atoms with Crippen molar-refractivity contribution in [3.8, 4) is 6.07 Å². The van der Waals surface area contributed by atoms with Gasteiger partial charge in [0.05, 0.1) is 16.0 Å². The van der Waals surface area contributed by atoms with Crippen molar-refractivity contribution < 1.29 is 13.2 Å². The Morgan fingerprint density at radius 1 is 1.09 bits per heavy atom. The van der Waals surface area contributed by atoms with Gasteiger partial charge in [-0.15, -0.1) is 0 Å². The predicted octanol–water partition coefficient (Wildman–Crippen LogP) is 4.17. The van der Waals surface area contributed by atoms with Crippen molar-refractivity contribution in [2.45, 2.75) is 87.6 Å². The molecule has 5 rings (SSSR count). The summed E-state index contributed by atoms with van der Waals surface area (Å²) in [6.45, 7) is 2.98. The summed E-state index contributed by atoms with van der Waals surface area (Å²) in [4.78, 5) is 15.3.